The summed E-state index contributed by atoms with van der Waals surface area (Å²) in [4.78, 5) is 0. The molecule has 0 atom stereocenters. The van der Waals surface area contributed by atoms with Crippen molar-refractivity contribution in [2.75, 3.05) is 6.61 Å². The molecule has 0 unspecified atom stereocenters. The van der Waals surface area contributed by atoms with Gasteiger partial charge in [-0.3, -0.25) is 0 Å². The largest absolute Gasteiger partial charge is 0.396 e. The average Bonchev–Trinajstić information content (AvgIpc) is 1.89. The van der Waals surface area contributed by atoms with Gasteiger partial charge in [-0.1, -0.05) is 12.0 Å². The van der Waals surface area contributed by atoms with Crippen molar-refractivity contribution in [1.82, 2.24) is 0 Å². The van der Waals surface area contributed by atoms with Crippen LogP contribution in [0.15, 0.2) is 12.2 Å². The van der Waals surface area contributed by atoms with Crippen LogP contribution < -0.4 is 0 Å². The highest BCUT2D eigenvalue weighted by Crippen LogP contribution is 1.94. The lowest BCUT2D eigenvalue weighted by Gasteiger charge is -1.88. The summed E-state index contributed by atoms with van der Waals surface area (Å²) in [6, 6.07) is 0. The first kappa shape index (κ1) is 8.26. The molecule has 0 aliphatic heterocycles. The second kappa shape index (κ2) is 7.26. The summed E-state index contributed by atoms with van der Waals surface area (Å²) >= 11 is 0. The smallest absolute Gasteiger partial charge is 0.0431 e. The Morgan fingerprint density at radius 3 is 2.78 bits per heavy atom. The Morgan fingerprint density at radius 2 is 2.22 bits per heavy atom. The van der Waals surface area contributed by atoms with E-state index < -0.39 is 0 Å². The Labute approximate surface area is 56.4 Å². The number of terminal acetylenes is 1. The molecule has 0 heterocycles. The van der Waals surface area contributed by atoms with Crippen molar-refractivity contribution in [2.24, 2.45) is 0 Å². The quantitative estimate of drug-likeness (QED) is 0.443. The van der Waals surface area contributed by atoms with E-state index in [1.54, 1.807) is 6.08 Å². The van der Waals surface area contributed by atoms with Gasteiger partial charge in [-0.25, -0.2) is 0 Å². The minimum atomic E-state index is 0.282. The third-order valence-corrected chi connectivity index (χ3v) is 0.993. The van der Waals surface area contributed by atoms with E-state index in [0.717, 1.165) is 19.3 Å². The molecule has 0 spiro atoms. The molecule has 0 saturated heterocycles. The first-order valence-electron chi connectivity index (χ1n) is 3.14. The highest BCUT2D eigenvalue weighted by molar-refractivity contribution is 5.08. The zero-order chi connectivity index (χ0) is 6.95. The summed E-state index contributed by atoms with van der Waals surface area (Å²) in [5, 5.41) is 8.36. The van der Waals surface area contributed by atoms with Gasteiger partial charge in [-0.05, 0) is 25.3 Å². The van der Waals surface area contributed by atoms with Crippen molar-refractivity contribution in [2.45, 2.75) is 19.3 Å². The third-order valence-electron chi connectivity index (χ3n) is 0.993. The summed E-state index contributed by atoms with van der Waals surface area (Å²) in [6.45, 7) is 0.282. The molecule has 9 heavy (non-hydrogen) atoms. The minimum absolute atomic E-state index is 0.282. The fourth-order valence-corrected chi connectivity index (χ4v) is 0.525. The predicted molar refractivity (Wildman–Crippen MR) is 38.9 cm³/mol. The lowest BCUT2D eigenvalue weighted by molar-refractivity contribution is 0.285. The van der Waals surface area contributed by atoms with E-state index in [2.05, 4.69) is 5.92 Å². The van der Waals surface area contributed by atoms with Gasteiger partial charge in [0.15, 0.2) is 0 Å². The lowest BCUT2D eigenvalue weighted by Crippen LogP contribution is -1.79. The molecule has 0 aromatic heterocycles. The summed E-state index contributed by atoms with van der Waals surface area (Å²) in [6.07, 6.45) is 11.5. The van der Waals surface area contributed by atoms with Crippen LogP contribution in [0.2, 0.25) is 0 Å². The molecule has 0 saturated carbocycles. The van der Waals surface area contributed by atoms with Crippen LogP contribution in [0.1, 0.15) is 19.3 Å². The highest BCUT2D eigenvalue weighted by atomic mass is 16.2. The Kier molecular flexibility index (Phi) is 6.66. The summed E-state index contributed by atoms with van der Waals surface area (Å²) in [5.41, 5.74) is 0. The van der Waals surface area contributed by atoms with E-state index in [-0.39, 0.29) is 6.61 Å². The van der Waals surface area contributed by atoms with Gasteiger partial charge in [0.2, 0.25) is 0 Å². The number of aliphatic hydroxyl groups is 1. The minimum Gasteiger partial charge on any atom is -0.396 e. The molecule has 0 aliphatic carbocycles. The fourth-order valence-electron chi connectivity index (χ4n) is 0.525. The molecule has 0 aromatic carbocycles. The van der Waals surface area contributed by atoms with Gasteiger partial charge in [0.05, 0.1) is 0 Å². The monoisotopic (exact) mass is 124 g/mol. The first-order chi connectivity index (χ1) is 4.41. The summed E-state index contributed by atoms with van der Waals surface area (Å²) < 4.78 is 0. The van der Waals surface area contributed by atoms with Gasteiger partial charge >= 0.3 is 0 Å². The second-order valence-electron chi connectivity index (χ2n) is 1.79. The lowest BCUT2D eigenvalue weighted by atomic mass is 10.2. The molecule has 1 N–H and O–H groups in total. The maximum Gasteiger partial charge on any atom is 0.0431 e. The van der Waals surface area contributed by atoms with Crippen LogP contribution in [0.4, 0.5) is 0 Å². The Bertz CT molecular complexity index is 108. The molecule has 0 aliphatic rings. The maximum atomic E-state index is 8.36. The van der Waals surface area contributed by atoms with Gasteiger partial charge in [-0.2, -0.15) is 0 Å². The van der Waals surface area contributed by atoms with E-state index in [1.165, 1.54) is 0 Å². The van der Waals surface area contributed by atoms with Crippen molar-refractivity contribution < 1.29 is 5.11 Å². The van der Waals surface area contributed by atoms with Crippen LogP contribution in [0, 0.1) is 12.3 Å². The zero-order valence-electron chi connectivity index (χ0n) is 5.51. The van der Waals surface area contributed by atoms with Crippen LogP contribution in [0.3, 0.4) is 0 Å². The van der Waals surface area contributed by atoms with Crippen molar-refractivity contribution in [3.8, 4) is 12.3 Å². The number of unbranched alkanes of at least 4 members (excludes halogenated alkanes) is 2. The van der Waals surface area contributed by atoms with E-state index >= 15 is 0 Å². The van der Waals surface area contributed by atoms with Crippen LogP contribution in [0.25, 0.3) is 0 Å². The normalized spacial score (nSPS) is 9.78. The standard InChI is InChI=1S/C8H12O/c1-2-3-4-5-6-7-8-9/h1,3-4,9H,5-8H2/b4-3-. The predicted octanol–water partition coefficient (Wildman–Crippen LogP) is 1.34. The average molecular weight is 124 g/mol. The molecule has 1 heteroatoms. The van der Waals surface area contributed by atoms with E-state index in [0.29, 0.717) is 0 Å². The third kappa shape index (κ3) is 7.26. The molecule has 50 valence electrons. The number of aliphatic hydroxyl groups excluding tert-OH is 1. The van der Waals surface area contributed by atoms with Gasteiger partial charge in [-0.15, -0.1) is 6.42 Å². The van der Waals surface area contributed by atoms with Gasteiger partial charge in [0, 0.05) is 6.61 Å². The summed E-state index contributed by atoms with van der Waals surface area (Å²) in [5.74, 6) is 2.40. The van der Waals surface area contributed by atoms with E-state index in [4.69, 9.17) is 11.5 Å². The molecule has 0 fully saturated rings. The Balaban J connectivity index is 2.93. The molecular weight excluding hydrogens is 112 g/mol. The molecular formula is C8H12O. The molecule has 1 nitrogen and oxygen atoms in total. The van der Waals surface area contributed by atoms with Crippen LogP contribution in [-0.4, -0.2) is 11.7 Å². The molecule has 0 amide bonds. The van der Waals surface area contributed by atoms with E-state index in [1.807, 2.05) is 6.08 Å². The van der Waals surface area contributed by atoms with Crippen LogP contribution in [-0.2, 0) is 0 Å². The summed E-state index contributed by atoms with van der Waals surface area (Å²) in [7, 11) is 0. The molecule has 0 bridgehead atoms. The number of hydrogen-bond acceptors (Lipinski definition) is 1. The molecule has 0 radical (unpaired) electrons. The SMILES string of the molecule is C#C/C=C\CCCCO. The van der Waals surface area contributed by atoms with Gasteiger partial charge in [0.1, 0.15) is 0 Å². The fraction of sp³-hybridized carbons (Fsp3) is 0.500. The second-order valence-corrected chi connectivity index (χ2v) is 1.79. The number of rotatable bonds is 4. The Hall–Kier alpha value is -0.740. The number of hydrogen-bond donors (Lipinski definition) is 1. The maximum absolute atomic E-state index is 8.36. The zero-order valence-corrected chi connectivity index (χ0v) is 5.51. The van der Waals surface area contributed by atoms with Crippen molar-refractivity contribution in [3.05, 3.63) is 12.2 Å². The highest BCUT2D eigenvalue weighted by Gasteiger charge is 1.79. The van der Waals surface area contributed by atoms with Gasteiger partial charge < -0.3 is 5.11 Å². The van der Waals surface area contributed by atoms with Gasteiger partial charge in [0.25, 0.3) is 0 Å². The topological polar surface area (TPSA) is 20.2 Å². The molecule has 0 aromatic rings. The Morgan fingerprint density at radius 1 is 1.44 bits per heavy atom. The number of allylic oxidation sites excluding steroid dienone is 2. The van der Waals surface area contributed by atoms with E-state index in [9.17, 15) is 0 Å². The van der Waals surface area contributed by atoms with Crippen LogP contribution in [0.5, 0.6) is 0 Å². The van der Waals surface area contributed by atoms with Crippen molar-refractivity contribution >= 4 is 0 Å². The van der Waals surface area contributed by atoms with Crippen LogP contribution >= 0.6 is 0 Å². The molecule has 0 rings (SSSR count). The van der Waals surface area contributed by atoms with Crippen molar-refractivity contribution in [3.63, 3.8) is 0 Å². The first-order valence-corrected chi connectivity index (χ1v) is 3.14. The van der Waals surface area contributed by atoms with Crippen molar-refractivity contribution in [1.29, 1.82) is 0 Å².